The quantitative estimate of drug-likeness (QED) is 0.815. The van der Waals surface area contributed by atoms with Gasteiger partial charge in [0, 0.05) is 12.0 Å². The van der Waals surface area contributed by atoms with Crippen LogP contribution in [0.15, 0.2) is 18.2 Å². The van der Waals surface area contributed by atoms with Crippen molar-refractivity contribution in [2.75, 3.05) is 6.61 Å². The molecule has 98 valence electrons. The summed E-state index contributed by atoms with van der Waals surface area (Å²) in [5, 5.41) is 10.1. The molecule has 3 nitrogen and oxygen atoms in total. The summed E-state index contributed by atoms with van der Waals surface area (Å²) < 4.78 is 5.41. The number of carbonyl (C=O) groups excluding carboxylic acids is 1. The van der Waals surface area contributed by atoms with Crippen LogP contribution in [0, 0.1) is 5.92 Å². The van der Waals surface area contributed by atoms with Gasteiger partial charge >= 0.3 is 0 Å². The van der Waals surface area contributed by atoms with Gasteiger partial charge in [0.1, 0.15) is 11.9 Å². The number of benzene rings is 1. The Balaban J connectivity index is 2.18. The van der Waals surface area contributed by atoms with Gasteiger partial charge in [-0.25, -0.2) is 0 Å². The summed E-state index contributed by atoms with van der Waals surface area (Å²) >= 11 is 0. The number of aliphatic hydroxyl groups excluding tert-OH is 1. The van der Waals surface area contributed by atoms with E-state index in [9.17, 15) is 9.90 Å². The lowest BCUT2D eigenvalue weighted by Gasteiger charge is -2.19. The molecule has 1 aliphatic rings. The van der Waals surface area contributed by atoms with Gasteiger partial charge in [-0.15, -0.1) is 0 Å². The number of Topliss-reactive ketones (excluding diaryl/α,β-unsaturated/α-hetero) is 1. The number of aliphatic hydroxyl groups is 1. The number of hydrogen-bond acceptors (Lipinski definition) is 3. The highest BCUT2D eigenvalue weighted by Crippen LogP contribution is 2.27. The van der Waals surface area contributed by atoms with Crippen molar-refractivity contribution in [1.82, 2.24) is 0 Å². The van der Waals surface area contributed by atoms with Gasteiger partial charge in [0.2, 0.25) is 0 Å². The largest absolute Gasteiger partial charge is 0.493 e. The highest BCUT2D eigenvalue weighted by molar-refractivity contribution is 5.99. The van der Waals surface area contributed by atoms with Gasteiger partial charge in [0.05, 0.1) is 6.61 Å². The van der Waals surface area contributed by atoms with Crippen molar-refractivity contribution in [1.29, 1.82) is 0 Å². The number of rotatable bonds is 5. The fourth-order valence-electron chi connectivity index (χ4n) is 2.46. The third-order valence-corrected chi connectivity index (χ3v) is 3.74. The fourth-order valence-corrected chi connectivity index (χ4v) is 2.46. The lowest BCUT2D eigenvalue weighted by Crippen LogP contribution is -2.29. The van der Waals surface area contributed by atoms with E-state index in [1.54, 1.807) is 6.07 Å². The third kappa shape index (κ3) is 2.41. The molecule has 0 aromatic heterocycles. The van der Waals surface area contributed by atoms with Gasteiger partial charge in [-0.3, -0.25) is 4.79 Å². The van der Waals surface area contributed by atoms with Crippen molar-refractivity contribution in [3.63, 3.8) is 0 Å². The molecule has 0 radical (unpaired) electrons. The van der Waals surface area contributed by atoms with Crippen molar-refractivity contribution < 1.29 is 14.6 Å². The maximum Gasteiger partial charge on any atom is 0.191 e. The Morgan fingerprint density at radius 1 is 1.39 bits per heavy atom. The lowest BCUT2D eigenvalue weighted by atomic mass is 9.90. The SMILES string of the molecule is CCC(CC)C(O)C(=O)c1ccc2c(c1)CCO2. The molecule has 0 bridgehead atoms. The predicted molar refractivity (Wildman–Crippen MR) is 70.1 cm³/mol. The summed E-state index contributed by atoms with van der Waals surface area (Å²) in [5.74, 6) is 0.740. The van der Waals surface area contributed by atoms with Gasteiger partial charge in [0.15, 0.2) is 5.78 Å². The van der Waals surface area contributed by atoms with Crippen molar-refractivity contribution >= 4 is 5.78 Å². The number of hydrogen-bond donors (Lipinski definition) is 1. The molecule has 18 heavy (non-hydrogen) atoms. The summed E-state index contributed by atoms with van der Waals surface area (Å²) in [4.78, 5) is 12.2. The second-order valence-electron chi connectivity index (χ2n) is 4.81. The second kappa shape index (κ2) is 5.53. The van der Waals surface area contributed by atoms with E-state index in [4.69, 9.17) is 4.74 Å². The summed E-state index contributed by atoms with van der Waals surface area (Å²) in [6.07, 6.45) is 1.59. The Hall–Kier alpha value is -1.35. The van der Waals surface area contributed by atoms with Crippen molar-refractivity contribution in [3.05, 3.63) is 29.3 Å². The smallest absolute Gasteiger partial charge is 0.191 e. The average Bonchev–Trinajstić information content (AvgIpc) is 2.86. The maximum atomic E-state index is 12.2. The monoisotopic (exact) mass is 248 g/mol. The normalized spacial score (nSPS) is 15.3. The Morgan fingerprint density at radius 3 is 2.78 bits per heavy atom. The molecule has 1 unspecified atom stereocenters. The molecule has 1 heterocycles. The first-order valence-corrected chi connectivity index (χ1v) is 6.65. The van der Waals surface area contributed by atoms with Crippen LogP contribution in [0.4, 0.5) is 0 Å². The molecular formula is C15H20O3. The van der Waals surface area contributed by atoms with E-state index in [0.29, 0.717) is 12.2 Å². The topological polar surface area (TPSA) is 46.5 Å². The standard InChI is InChI=1S/C15H20O3/c1-3-10(4-2)14(16)15(17)12-5-6-13-11(9-12)7-8-18-13/h5-6,9-10,14,16H,3-4,7-8H2,1-2H3. The zero-order chi connectivity index (χ0) is 13.1. The Morgan fingerprint density at radius 2 is 2.11 bits per heavy atom. The first-order chi connectivity index (χ1) is 8.67. The van der Waals surface area contributed by atoms with Crippen molar-refractivity contribution in [3.8, 4) is 5.75 Å². The molecule has 1 N–H and O–H groups in total. The van der Waals surface area contributed by atoms with Crippen LogP contribution in [-0.2, 0) is 6.42 Å². The summed E-state index contributed by atoms with van der Waals surface area (Å²) in [6, 6.07) is 5.43. The van der Waals surface area contributed by atoms with Crippen LogP contribution in [0.3, 0.4) is 0 Å². The van der Waals surface area contributed by atoms with E-state index in [-0.39, 0.29) is 11.7 Å². The lowest BCUT2D eigenvalue weighted by molar-refractivity contribution is 0.0588. The third-order valence-electron chi connectivity index (χ3n) is 3.74. The van der Waals surface area contributed by atoms with E-state index in [1.807, 2.05) is 26.0 Å². The van der Waals surface area contributed by atoms with Crippen LogP contribution in [0.25, 0.3) is 0 Å². The van der Waals surface area contributed by atoms with Gasteiger partial charge < -0.3 is 9.84 Å². The minimum Gasteiger partial charge on any atom is -0.493 e. The average molecular weight is 248 g/mol. The van der Waals surface area contributed by atoms with Crippen LogP contribution in [0.2, 0.25) is 0 Å². The van der Waals surface area contributed by atoms with Crippen LogP contribution in [0.1, 0.15) is 42.6 Å². The van der Waals surface area contributed by atoms with Crippen LogP contribution in [0.5, 0.6) is 5.75 Å². The second-order valence-corrected chi connectivity index (χ2v) is 4.81. The highest BCUT2D eigenvalue weighted by Gasteiger charge is 2.25. The molecular weight excluding hydrogens is 228 g/mol. The zero-order valence-electron chi connectivity index (χ0n) is 11.0. The minimum absolute atomic E-state index is 0.0435. The number of ether oxygens (including phenoxy) is 1. The molecule has 0 saturated carbocycles. The molecule has 1 aromatic rings. The Kier molecular flexibility index (Phi) is 4.02. The highest BCUT2D eigenvalue weighted by atomic mass is 16.5. The molecule has 1 aliphatic heterocycles. The molecule has 0 spiro atoms. The molecule has 3 heteroatoms. The predicted octanol–water partition coefficient (Wildman–Crippen LogP) is 2.60. The summed E-state index contributed by atoms with van der Waals surface area (Å²) in [5.41, 5.74) is 1.66. The Bertz CT molecular complexity index is 435. The molecule has 2 rings (SSSR count). The van der Waals surface area contributed by atoms with E-state index in [0.717, 1.165) is 30.6 Å². The molecule has 0 fully saturated rings. The van der Waals surface area contributed by atoms with Crippen molar-refractivity contribution in [2.24, 2.45) is 5.92 Å². The maximum absolute atomic E-state index is 12.2. The summed E-state index contributed by atoms with van der Waals surface area (Å²) in [6.45, 7) is 4.68. The molecule has 1 atom stereocenters. The molecule has 0 saturated heterocycles. The number of fused-ring (bicyclic) bond motifs is 1. The molecule has 1 aromatic carbocycles. The van der Waals surface area contributed by atoms with E-state index in [2.05, 4.69) is 0 Å². The van der Waals surface area contributed by atoms with Crippen LogP contribution < -0.4 is 4.74 Å². The first-order valence-electron chi connectivity index (χ1n) is 6.65. The molecule has 0 aliphatic carbocycles. The minimum atomic E-state index is -0.889. The number of ketones is 1. The molecule has 0 amide bonds. The van der Waals surface area contributed by atoms with E-state index >= 15 is 0 Å². The van der Waals surface area contributed by atoms with E-state index < -0.39 is 6.10 Å². The fraction of sp³-hybridized carbons (Fsp3) is 0.533. The van der Waals surface area contributed by atoms with E-state index in [1.165, 1.54) is 0 Å². The van der Waals surface area contributed by atoms with Crippen LogP contribution >= 0.6 is 0 Å². The van der Waals surface area contributed by atoms with Gasteiger partial charge in [-0.1, -0.05) is 26.7 Å². The van der Waals surface area contributed by atoms with Gasteiger partial charge in [-0.2, -0.15) is 0 Å². The zero-order valence-corrected chi connectivity index (χ0v) is 11.0. The number of carbonyl (C=O) groups is 1. The Labute approximate surface area is 108 Å². The summed E-state index contributed by atoms with van der Waals surface area (Å²) in [7, 11) is 0. The van der Waals surface area contributed by atoms with Crippen LogP contribution in [-0.4, -0.2) is 23.6 Å². The van der Waals surface area contributed by atoms with Gasteiger partial charge in [0.25, 0.3) is 0 Å². The van der Waals surface area contributed by atoms with Gasteiger partial charge in [-0.05, 0) is 29.7 Å². The first kappa shape index (κ1) is 13.1. The van der Waals surface area contributed by atoms with Crippen molar-refractivity contribution in [2.45, 2.75) is 39.2 Å².